The molecule has 0 bridgehead atoms. The Morgan fingerprint density at radius 3 is 2.47 bits per heavy atom. The van der Waals surface area contributed by atoms with Crippen LogP contribution in [0, 0.1) is 5.92 Å². The van der Waals surface area contributed by atoms with Gasteiger partial charge in [-0.05, 0) is 28.3 Å². The second kappa shape index (κ2) is 6.28. The number of anilines is 1. The molecule has 1 atom stereocenters. The zero-order valence-corrected chi connectivity index (χ0v) is 11.2. The molecule has 0 aliphatic heterocycles. The minimum Gasteiger partial charge on any atom is -0.351 e. The number of nitrogens with zero attached hydrogens (tertiary/aromatic N) is 2. The Bertz CT molecular complexity index is 289. The van der Waals surface area contributed by atoms with Crippen molar-refractivity contribution in [3.8, 4) is 0 Å². The van der Waals surface area contributed by atoms with E-state index in [1.54, 1.807) is 12.4 Å². The van der Waals surface area contributed by atoms with E-state index >= 15 is 0 Å². The molecule has 0 radical (unpaired) electrons. The molecule has 5 heteroatoms. The lowest BCUT2D eigenvalue weighted by Crippen LogP contribution is -2.27. The first-order valence-corrected chi connectivity index (χ1v) is 6.26. The summed E-state index contributed by atoms with van der Waals surface area (Å²) in [6.45, 7) is 4.31. The second-order valence-corrected chi connectivity index (χ2v) is 4.99. The smallest absolute Gasteiger partial charge is 0.222 e. The van der Waals surface area contributed by atoms with Gasteiger partial charge in [-0.25, -0.2) is 9.97 Å². The van der Waals surface area contributed by atoms with Crippen LogP contribution in [0.3, 0.4) is 0 Å². The zero-order chi connectivity index (χ0) is 11.3. The molecule has 0 aliphatic rings. The highest BCUT2D eigenvalue weighted by atomic mass is 79.9. The fourth-order valence-electron chi connectivity index (χ4n) is 1.24. The van der Waals surface area contributed by atoms with Crippen LogP contribution in [0.2, 0.25) is 0 Å². The Balaban J connectivity index is 2.61. The van der Waals surface area contributed by atoms with Crippen LogP contribution in [-0.2, 0) is 0 Å². The van der Waals surface area contributed by atoms with Gasteiger partial charge in [-0.2, -0.15) is 0 Å². The summed E-state index contributed by atoms with van der Waals surface area (Å²) in [6, 6.07) is 0.323. The molecule has 1 aromatic rings. The third-order valence-corrected chi connectivity index (χ3v) is 2.79. The van der Waals surface area contributed by atoms with Crippen molar-refractivity contribution < 1.29 is 0 Å². The summed E-state index contributed by atoms with van der Waals surface area (Å²) < 4.78 is 0.881. The number of rotatable bonds is 5. The molecule has 3 nitrogen and oxygen atoms in total. The van der Waals surface area contributed by atoms with E-state index in [1.807, 2.05) is 0 Å². The summed E-state index contributed by atoms with van der Waals surface area (Å²) in [7, 11) is 0. The normalized spacial score (nSPS) is 12.9. The fourth-order valence-corrected chi connectivity index (χ4v) is 1.68. The van der Waals surface area contributed by atoms with Gasteiger partial charge in [-0.15, -0.1) is 11.6 Å². The molecule has 1 unspecified atom stereocenters. The number of alkyl halides is 1. The number of halogens is 2. The highest BCUT2D eigenvalue weighted by Gasteiger charge is 2.13. The van der Waals surface area contributed by atoms with Crippen LogP contribution in [0.15, 0.2) is 16.9 Å². The maximum atomic E-state index is 5.74. The lowest BCUT2D eigenvalue weighted by atomic mass is 10.0. The summed E-state index contributed by atoms with van der Waals surface area (Å²) in [5, 5.41) is 3.28. The summed E-state index contributed by atoms with van der Waals surface area (Å²) in [5.74, 6) is 1.81. The van der Waals surface area contributed by atoms with Crippen molar-refractivity contribution in [2.75, 3.05) is 11.2 Å². The average Bonchev–Trinajstić information content (AvgIpc) is 2.20. The van der Waals surface area contributed by atoms with Crippen LogP contribution < -0.4 is 5.32 Å². The van der Waals surface area contributed by atoms with Crippen LogP contribution >= 0.6 is 27.5 Å². The SMILES string of the molecule is CC(C)C(CCCl)Nc1ncc(Br)cn1. The predicted molar refractivity (Wildman–Crippen MR) is 67.3 cm³/mol. The van der Waals surface area contributed by atoms with Gasteiger partial charge in [0.25, 0.3) is 0 Å². The first-order valence-electron chi connectivity index (χ1n) is 4.93. The van der Waals surface area contributed by atoms with E-state index in [4.69, 9.17) is 11.6 Å². The molecular formula is C10H15BrClN3. The minimum absolute atomic E-state index is 0.323. The fraction of sp³-hybridized carbons (Fsp3) is 0.600. The van der Waals surface area contributed by atoms with Gasteiger partial charge in [0.15, 0.2) is 0 Å². The molecule has 0 spiro atoms. The van der Waals surface area contributed by atoms with Crippen LogP contribution in [0.25, 0.3) is 0 Å². The van der Waals surface area contributed by atoms with Crippen molar-refractivity contribution in [1.29, 1.82) is 0 Å². The van der Waals surface area contributed by atoms with E-state index in [9.17, 15) is 0 Å². The van der Waals surface area contributed by atoms with Crippen molar-refractivity contribution in [2.24, 2.45) is 5.92 Å². The summed E-state index contributed by atoms with van der Waals surface area (Å²) in [5.41, 5.74) is 0. The van der Waals surface area contributed by atoms with Gasteiger partial charge in [0, 0.05) is 24.3 Å². The van der Waals surface area contributed by atoms with E-state index in [2.05, 4.69) is 45.1 Å². The topological polar surface area (TPSA) is 37.8 Å². The molecule has 15 heavy (non-hydrogen) atoms. The molecule has 1 aromatic heterocycles. The van der Waals surface area contributed by atoms with Gasteiger partial charge >= 0.3 is 0 Å². The van der Waals surface area contributed by atoms with Crippen molar-refractivity contribution in [2.45, 2.75) is 26.3 Å². The molecule has 0 saturated heterocycles. The van der Waals surface area contributed by atoms with Crippen LogP contribution in [0.5, 0.6) is 0 Å². The van der Waals surface area contributed by atoms with Crippen molar-refractivity contribution in [3.63, 3.8) is 0 Å². The molecule has 1 N–H and O–H groups in total. The predicted octanol–water partition coefficient (Wildman–Crippen LogP) is 3.30. The van der Waals surface area contributed by atoms with E-state index in [-0.39, 0.29) is 0 Å². The van der Waals surface area contributed by atoms with Crippen LogP contribution in [0.1, 0.15) is 20.3 Å². The lowest BCUT2D eigenvalue weighted by molar-refractivity contribution is 0.510. The van der Waals surface area contributed by atoms with Crippen molar-refractivity contribution >= 4 is 33.5 Å². The van der Waals surface area contributed by atoms with Crippen molar-refractivity contribution in [1.82, 2.24) is 9.97 Å². The number of nitrogens with one attached hydrogen (secondary N) is 1. The molecule has 1 rings (SSSR count). The first-order chi connectivity index (χ1) is 7.13. The Labute approximate surface area is 104 Å². The summed E-state index contributed by atoms with van der Waals surface area (Å²) in [6.07, 6.45) is 4.37. The molecule has 0 aromatic carbocycles. The first kappa shape index (κ1) is 12.7. The molecule has 84 valence electrons. The average molecular weight is 293 g/mol. The Kier molecular flexibility index (Phi) is 5.32. The highest BCUT2D eigenvalue weighted by molar-refractivity contribution is 9.10. The molecule has 0 aliphatic carbocycles. The monoisotopic (exact) mass is 291 g/mol. The van der Waals surface area contributed by atoms with Gasteiger partial charge in [0.05, 0.1) is 4.47 Å². The Morgan fingerprint density at radius 2 is 2.00 bits per heavy atom. The van der Waals surface area contributed by atoms with Gasteiger partial charge in [0.1, 0.15) is 0 Å². The number of hydrogen-bond donors (Lipinski definition) is 1. The highest BCUT2D eigenvalue weighted by Crippen LogP contribution is 2.13. The summed E-state index contributed by atoms with van der Waals surface area (Å²) >= 11 is 9.04. The molecule has 1 heterocycles. The van der Waals surface area contributed by atoms with E-state index in [0.717, 1.165) is 10.9 Å². The van der Waals surface area contributed by atoms with Crippen molar-refractivity contribution in [3.05, 3.63) is 16.9 Å². The maximum Gasteiger partial charge on any atom is 0.222 e. The van der Waals surface area contributed by atoms with Gasteiger partial charge in [0.2, 0.25) is 5.95 Å². The van der Waals surface area contributed by atoms with E-state index < -0.39 is 0 Å². The molecule has 0 saturated carbocycles. The number of aromatic nitrogens is 2. The third kappa shape index (κ3) is 4.34. The largest absolute Gasteiger partial charge is 0.351 e. The Morgan fingerprint density at radius 1 is 1.40 bits per heavy atom. The van der Waals surface area contributed by atoms with E-state index in [0.29, 0.717) is 23.8 Å². The molecule has 0 amide bonds. The zero-order valence-electron chi connectivity index (χ0n) is 8.87. The number of hydrogen-bond acceptors (Lipinski definition) is 3. The van der Waals surface area contributed by atoms with E-state index in [1.165, 1.54) is 0 Å². The second-order valence-electron chi connectivity index (χ2n) is 3.70. The van der Waals surface area contributed by atoms with Crippen LogP contribution in [-0.4, -0.2) is 21.9 Å². The quantitative estimate of drug-likeness (QED) is 0.846. The Hall–Kier alpha value is -0.350. The lowest BCUT2D eigenvalue weighted by Gasteiger charge is -2.21. The third-order valence-electron chi connectivity index (χ3n) is 2.16. The van der Waals surface area contributed by atoms with Gasteiger partial charge in [-0.1, -0.05) is 13.8 Å². The maximum absolute atomic E-state index is 5.74. The molecular weight excluding hydrogens is 277 g/mol. The molecule has 0 fully saturated rings. The minimum atomic E-state index is 0.323. The van der Waals surface area contributed by atoms with Gasteiger partial charge in [-0.3, -0.25) is 0 Å². The van der Waals surface area contributed by atoms with Gasteiger partial charge < -0.3 is 5.32 Å². The summed E-state index contributed by atoms with van der Waals surface area (Å²) in [4.78, 5) is 8.34. The standard InChI is InChI=1S/C10H15BrClN3/c1-7(2)9(3-4-12)15-10-13-5-8(11)6-14-10/h5-7,9H,3-4H2,1-2H3,(H,13,14,15). The van der Waals surface area contributed by atoms with Crippen LogP contribution in [0.4, 0.5) is 5.95 Å².